The Bertz CT molecular complexity index is 595. The van der Waals surface area contributed by atoms with E-state index >= 15 is 0 Å². The van der Waals surface area contributed by atoms with E-state index in [1.807, 2.05) is 6.07 Å². The van der Waals surface area contributed by atoms with Gasteiger partial charge in [0, 0.05) is 19.6 Å². The molecule has 1 aliphatic heterocycles. The smallest absolute Gasteiger partial charge is 0.108 e. The molecule has 128 valence electrons. The summed E-state index contributed by atoms with van der Waals surface area (Å²) in [6, 6.07) is 19.0. The van der Waals surface area contributed by atoms with Gasteiger partial charge in [0.25, 0.3) is 0 Å². The average Bonchev–Trinajstić information content (AvgIpc) is 2.64. The van der Waals surface area contributed by atoms with Crippen molar-refractivity contribution in [3.05, 3.63) is 71.3 Å². The average molecular weight is 326 g/mol. The predicted octanol–water partition coefficient (Wildman–Crippen LogP) is 2.94. The lowest BCUT2D eigenvalue weighted by Gasteiger charge is -2.27. The minimum absolute atomic E-state index is 0.0294. The van der Waals surface area contributed by atoms with Crippen molar-refractivity contribution in [3.8, 4) is 0 Å². The van der Waals surface area contributed by atoms with Crippen LogP contribution in [0.15, 0.2) is 54.6 Å². The van der Waals surface area contributed by atoms with Gasteiger partial charge in [0.15, 0.2) is 0 Å². The van der Waals surface area contributed by atoms with Crippen LogP contribution in [-0.2, 0) is 9.47 Å². The molecule has 1 unspecified atom stereocenters. The molecular weight excluding hydrogens is 300 g/mol. The van der Waals surface area contributed by atoms with Crippen LogP contribution in [0, 0.1) is 6.92 Å². The molecule has 1 saturated heterocycles. The van der Waals surface area contributed by atoms with Crippen molar-refractivity contribution in [2.45, 2.75) is 13.0 Å². The van der Waals surface area contributed by atoms with Crippen LogP contribution < -0.4 is 5.43 Å². The highest BCUT2D eigenvalue weighted by atomic mass is 16.5. The van der Waals surface area contributed by atoms with Crippen LogP contribution in [0.4, 0.5) is 0 Å². The van der Waals surface area contributed by atoms with Crippen LogP contribution in [0.25, 0.3) is 0 Å². The van der Waals surface area contributed by atoms with Crippen LogP contribution in [0.1, 0.15) is 22.8 Å². The zero-order chi connectivity index (χ0) is 16.6. The quantitative estimate of drug-likeness (QED) is 0.793. The summed E-state index contributed by atoms with van der Waals surface area (Å²) in [5.41, 5.74) is 7.06. The maximum atomic E-state index is 6.22. The number of hydrazine groups is 1. The Morgan fingerprint density at radius 1 is 1.00 bits per heavy atom. The highest BCUT2D eigenvalue weighted by Crippen LogP contribution is 2.26. The first-order chi connectivity index (χ1) is 11.8. The van der Waals surface area contributed by atoms with Crippen molar-refractivity contribution in [2.24, 2.45) is 0 Å². The van der Waals surface area contributed by atoms with Gasteiger partial charge in [-0.3, -0.25) is 5.43 Å². The number of nitrogens with zero attached hydrogens (tertiary/aromatic N) is 1. The van der Waals surface area contributed by atoms with Gasteiger partial charge in [-0.05, 0) is 18.1 Å². The standard InChI is InChI=1S/C20H26N2O2/c1-17-7-9-19(10-8-17)20(18-5-3-2-4-6-18)24-14-11-21-22-12-15-23-16-13-22/h2-10,20-21H,11-16H2,1H3. The molecule has 1 fully saturated rings. The normalized spacial score (nSPS) is 16.9. The molecule has 4 heteroatoms. The van der Waals surface area contributed by atoms with E-state index in [1.54, 1.807) is 0 Å². The van der Waals surface area contributed by atoms with Gasteiger partial charge in [-0.15, -0.1) is 0 Å². The third-order valence-corrected chi connectivity index (χ3v) is 4.22. The number of hydrogen-bond acceptors (Lipinski definition) is 4. The summed E-state index contributed by atoms with van der Waals surface area (Å²) >= 11 is 0. The van der Waals surface area contributed by atoms with Crippen LogP contribution in [0.3, 0.4) is 0 Å². The highest BCUT2D eigenvalue weighted by Gasteiger charge is 2.15. The van der Waals surface area contributed by atoms with Gasteiger partial charge in [-0.2, -0.15) is 0 Å². The lowest BCUT2D eigenvalue weighted by atomic mass is 10.0. The molecule has 0 bridgehead atoms. The number of aryl methyl sites for hydroxylation is 1. The maximum Gasteiger partial charge on any atom is 0.108 e. The second-order valence-electron chi connectivity index (χ2n) is 6.08. The molecule has 1 N–H and O–H groups in total. The van der Waals surface area contributed by atoms with E-state index in [0.717, 1.165) is 32.8 Å². The largest absolute Gasteiger partial charge is 0.379 e. The first-order valence-corrected chi connectivity index (χ1v) is 8.62. The second kappa shape index (κ2) is 8.94. The zero-order valence-corrected chi connectivity index (χ0v) is 14.3. The molecule has 3 rings (SSSR count). The fraction of sp³-hybridized carbons (Fsp3) is 0.400. The van der Waals surface area contributed by atoms with E-state index in [9.17, 15) is 0 Å². The molecule has 0 radical (unpaired) electrons. The summed E-state index contributed by atoms with van der Waals surface area (Å²) in [5, 5.41) is 2.20. The fourth-order valence-corrected chi connectivity index (χ4v) is 2.86. The lowest BCUT2D eigenvalue weighted by Crippen LogP contribution is -2.46. The summed E-state index contributed by atoms with van der Waals surface area (Å²) in [6.45, 7) is 7.02. The molecule has 0 saturated carbocycles. The zero-order valence-electron chi connectivity index (χ0n) is 14.3. The molecule has 4 nitrogen and oxygen atoms in total. The van der Waals surface area contributed by atoms with Crippen molar-refractivity contribution in [1.82, 2.24) is 10.4 Å². The molecule has 0 spiro atoms. The Morgan fingerprint density at radius 2 is 1.67 bits per heavy atom. The third-order valence-electron chi connectivity index (χ3n) is 4.22. The maximum absolute atomic E-state index is 6.22. The van der Waals surface area contributed by atoms with Crippen LogP contribution in [-0.4, -0.2) is 44.5 Å². The first kappa shape index (κ1) is 17.1. The van der Waals surface area contributed by atoms with E-state index in [2.05, 4.69) is 65.9 Å². The summed E-state index contributed by atoms with van der Waals surface area (Å²) < 4.78 is 11.6. The van der Waals surface area contributed by atoms with Gasteiger partial charge in [0.2, 0.25) is 0 Å². The molecule has 0 aromatic heterocycles. The number of ether oxygens (including phenoxy) is 2. The molecule has 2 aromatic rings. The fourth-order valence-electron chi connectivity index (χ4n) is 2.86. The predicted molar refractivity (Wildman–Crippen MR) is 95.8 cm³/mol. The molecule has 0 amide bonds. The number of benzene rings is 2. The van der Waals surface area contributed by atoms with E-state index in [-0.39, 0.29) is 6.10 Å². The van der Waals surface area contributed by atoms with Crippen LogP contribution >= 0.6 is 0 Å². The topological polar surface area (TPSA) is 33.7 Å². The number of hydrogen-bond donors (Lipinski definition) is 1. The molecule has 24 heavy (non-hydrogen) atoms. The van der Waals surface area contributed by atoms with E-state index in [1.165, 1.54) is 16.7 Å². The minimum atomic E-state index is -0.0294. The van der Waals surface area contributed by atoms with Crippen molar-refractivity contribution in [2.75, 3.05) is 39.5 Å². The number of nitrogens with one attached hydrogen (secondary N) is 1. The summed E-state index contributed by atoms with van der Waals surface area (Å²) in [4.78, 5) is 0. The molecule has 0 aliphatic carbocycles. The van der Waals surface area contributed by atoms with Gasteiger partial charge in [-0.1, -0.05) is 60.2 Å². The monoisotopic (exact) mass is 326 g/mol. The first-order valence-electron chi connectivity index (χ1n) is 8.62. The van der Waals surface area contributed by atoms with Crippen LogP contribution in [0.2, 0.25) is 0 Å². The van der Waals surface area contributed by atoms with Crippen molar-refractivity contribution < 1.29 is 9.47 Å². The van der Waals surface area contributed by atoms with E-state index < -0.39 is 0 Å². The Labute approximate surface area is 144 Å². The summed E-state index contributed by atoms with van der Waals surface area (Å²) in [5.74, 6) is 0. The summed E-state index contributed by atoms with van der Waals surface area (Å²) in [7, 11) is 0. The van der Waals surface area contributed by atoms with E-state index in [4.69, 9.17) is 9.47 Å². The summed E-state index contributed by atoms with van der Waals surface area (Å²) in [6.07, 6.45) is -0.0294. The Kier molecular flexibility index (Phi) is 6.38. The minimum Gasteiger partial charge on any atom is -0.379 e. The highest BCUT2D eigenvalue weighted by molar-refractivity contribution is 5.31. The van der Waals surface area contributed by atoms with Gasteiger partial charge < -0.3 is 9.47 Å². The van der Waals surface area contributed by atoms with Gasteiger partial charge in [0.05, 0.1) is 19.8 Å². The Hall–Kier alpha value is -1.72. The Morgan fingerprint density at radius 3 is 2.38 bits per heavy atom. The van der Waals surface area contributed by atoms with Crippen molar-refractivity contribution in [1.29, 1.82) is 0 Å². The Balaban J connectivity index is 1.59. The molecule has 1 atom stereocenters. The van der Waals surface area contributed by atoms with Gasteiger partial charge in [0.1, 0.15) is 6.10 Å². The van der Waals surface area contributed by atoms with Gasteiger partial charge in [-0.25, -0.2) is 5.01 Å². The molecule has 1 heterocycles. The van der Waals surface area contributed by atoms with Crippen molar-refractivity contribution >= 4 is 0 Å². The number of rotatable bonds is 7. The van der Waals surface area contributed by atoms with E-state index in [0.29, 0.717) is 6.61 Å². The third kappa shape index (κ3) is 4.89. The van der Waals surface area contributed by atoms with Gasteiger partial charge >= 0.3 is 0 Å². The van der Waals surface area contributed by atoms with Crippen LogP contribution in [0.5, 0.6) is 0 Å². The molecular formula is C20H26N2O2. The molecule has 2 aromatic carbocycles. The van der Waals surface area contributed by atoms with Crippen molar-refractivity contribution in [3.63, 3.8) is 0 Å². The lowest BCUT2D eigenvalue weighted by molar-refractivity contribution is 0.00180. The number of morpholine rings is 1. The second-order valence-corrected chi connectivity index (χ2v) is 6.08. The SMILES string of the molecule is Cc1ccc(C(OCCNN2CCOCC2)c2ccccc2)cc1. The molecule has 1 aliphatic rings.